The van der Waals surface area contributed by atoms with Gasteiger partial charge in [-0.05, 0) is 36.1 Å². The van der Waals surface area contributed by atoms with Crippen LogP contribution < -0.4 is 5.32 Å². The molecule has 168 valence electrons. The highest BCUT2D eigenvalue weighted by Gasteiger charge is 2.56. The number of nitro groups is 1. The van der Waals surface area contributed by atoms with Crippen molar-refractivity contribution in [3.63, 3.8) is 0 Å². The third-order valence-corrected chi connectivity index (χ3v) is 8.02. The number of rotatable bonds is 7. The van der Waals surface area contributed by atoms with Crippen LogP contribution in [0.2, 0.25) is 0 Å². The lowest BCUT2D eigenvalue weighted by Crippen LogP contribution is -2.73. The molecule has 2 aromatic rings. The number of nitrogens with zero attached hydrogens (tertiary/aromatic N) is 2. The summed E-state index contributed by atoms with van der Waals surface area (Å²) < 4.78 is 5.44. The number of amides is 2. The number of esters is 1. The molecular formula is C21H21N3O6S2. The molecule has 0 radical (unpaired) electrons. The van der Waals surface area contributed by atoms with Crippen LogP contribution in [0.1, 0.15) is 17.4 Å². The number of ether oxygens (including phenoxy) is 1. The molecule has 2 aliphatic rings. The van der Waals surface area contributed by atoms with Gasteiger partial charge in [0.1, 0.15) is 18.0 Å². The summed E-state index contributed by atoms with van der Waals surface area (Å²) in [6, 6.07) is 8.98. The molecule has 0 saturated carbocycles. The minimum atomic E-state index is -0.871. The van der Waals surface area contributed by atoms with Gasteiger partial charge in [0, 0.05) is 29.3 Å². The van der Waals surface area contributed by atoms with Crippen molar-refractivity contribution in [3.8, 4) is 0 Å². The summed E-state index contributed by atoms with van der Waals surface area (Å²) in [7, 11) is 0. The van der Waals surface area contributed by atoms with E-state index in [9.17, 15) is 24.5 Å². The second kappa shape index (κ2) is 8.91. The smallest absolute Gasteiger partial charge is 0.314 e. The third kappa shape index (κ3) is 4.49. The van der Waals surface area contributed by atoms with Crippen LogP contribution in [0.25, 0.3) is 0 Å². The van der Waals surface area contributed by atoms with Crippen LogP contribution in [-0.4, -0.2) is 51.3 Å². The maximum Gasteiger partial charge on any atom is 0.314 e. The molecule has 1 aromatic carbocycles. The predicted octanol–water partition coefficient (Wildman–Crippen LogP) is 2.35. The van der Waals surface area contributed by atoms with Gasteiger partial charge in [-0.1, -0.05) is 6.07 Å². The SMILES string of the molecule is CC1(C(=O)OCc2ccc([N+](=O)[O-])cc2)CS[C@@H]2C(NC(=O)Cc3cccs3)C(=O)N2C1. The summed E-state index contributed by atoms with van der Waals surface area (Å²) in [5, 5.41) is 15.3. The molecule has 2 saturated heterocycles. The van der Waals surface area contributed by atoms with Crippen molar-refractivity contribution >= 4 is 46.6 Å². The van der Waals surface area contributed by atoms with Gasteiger partial charge in [-0.2, -0.15) is 0 Å². The molecule has 0 bridgehead atoms. The van der Waals surface area contributed by atoms with Crippen LogP contribution in [0.4, 0.5) is 5.69 Å². The van der Waals surface area contributed by atoms with Crippen molar-refractivity contribution < 1.29 is 24.0 Å². The molecule has 3 atom stereocenters. The normalized spacial score (nSPS) is 24.3. The fourth-order valence-electron chi connectivity index (χ4n) is 3.66. The maximum atomic E-state index is 12.7. The zero-order valence-corrected chi connectivity index (χ0v) is 18.8. The van der Waals surface area contributed by atoms with Gasteiger partial charge < -0.3 is 15.0 Å². The van der Waals surface area contributed by atoms with E-state index in [2.05, 4.69) is 5.32 Å². The number of carbonyl (C=O) groups is 3. The Bertz CT molecular complexity index is 1040. The summed E-state index contributed by atoms with van der Waals surface area (Å²) in [6.07, 6.45) is 0.242. The van der Waals surface area contributed by atoms with Crippen molar-refractivity contribution in [1.82, 2.24) is 10.2 Å². The Hall–Kier alpha value is -2.92. The van der Waals surface area contributed by atoms with Crippen molar-refractivity contribution in [3.05, 3.63) is 62.3 Å². The van der Waals surface area contributed by atoms with E-state index in [0.717, 1.165) is 4.88 Å². The highest BCUT2D eigenvalue weighted by atomic mass is 32.2. The number of β-lactam (4-membered cyclic amide) rings is 1. The number of thioether (sulfide) groups is 1. The van der Waals surface area contributed by atoms with Gasteiger partial charge in [0.15, 0.2) is 0 Å². The Balaban J connectivity index is 1.29. The van der Waals surface area contributed by atoms with Crippen LogP contribution in [0, 0.1) is 15.5 Å². The molecule has 2 aliphatic heterocycles. The van der Waals surface area contributed by atoms with Gasteiger partial charge in [-0.15, -0.1) is 23.1 Å². The number of non-ortho nitro benzene ring substituents is 1. The Kier molecular flexibility index (Phi) is 6.20. The van der Waals surface area contributed by atoms with Gasteiger partial charge in [-0.25, -0.2) is 0 Å². The van der Waals surface area contributed by atoms with Gasteiger partial charge in [0.2, 0.25) is 11.8 Å². The van der Waals surface area contributed by atoms with Crippen LogP contribution >= 0.6 is 23.1 Å². The topological polar surface area (TPSA) is 119 Å². The molecule has 1 N–H and O–H groups in total. The highest BCUT2D eigenvalue weighted by molar-refractivity contribution is 8.00. The molecule has 1 aromatic heterocycles. The minimum absolute atomic E-state index is 0.00411. The average Bonchev–Trinajstić information content (AvgIpc) is 3.29. The minimum Gasteiger partial charge on any atom is -0.460 e. The lowest BCUT2D eigenvalue weighted by molar-refractivity contribution is -0.384. The van der Waals surface area contributed by atoms with Gasteiger partial charge in [0.05, 0.1) is 16.8 Å². The van der Waals surface area contributed by atoms with E-state index >= 15 is 0 Å². The number of hydrogen-bond acceptors (Lipinski definition) is 8. The van der Waals surface area contributed by atoms with Gasteiger partial charge in [0.25, 0.3) is 5.69 Å². The van der Waals surface area contributed by atoms with E-state index in [1.54, 1.807) is 24.0 Å². The summed E-state index contributed by atoms with van der Waals surface area (Å²) in [5.41, 5.74) is -0.263. The first kappa shape index (κ1) is 22.3. The number of nitrogens with one attached hydrogen (secondary N) is 1. The summed E-state index contributed by atoms with van der Waals surface area (Å²) in [6.45, 7) is 1.97. The molecule has 2 unspecified atom stereocenters. The molecule has 9 nitrogen and oxygen atoms in total. The molecular weight excluding hydrogens is 454 g/mol. The van der Waals surface area contributed by atoms with Gasteiger partial charge >= 0.3 is 5.97 Å². The first-order valence-electron chi connectivity index (χ1n) is 9.91. The number of hydrogen-bond donors (Lipinski definition) is 1. The van der Waals surface area contributed by atoms with Crippen molar-refractivity contribution in [1.29, 1.82) is 0 Å². The fraction of sp³-hybridized carbons (Fsp3) is 0.381. The molecule has 4 rings (SSSR count). The summed E-state index contributed by atoms with van der Waals surface area (Å²) in [4.78, 5) is 50.4. The van der Waals surface area contributed by atoms with Crippen LogP contribution in [0.3, 0.4) is 0 Å². The zero-order valence-electron chi connectivity index (χ0n) is 17.2. The third-order valence-electron chi connectivity index (χ3n) is 5.47. The lowest BCUT2D eigenvalue weighted by atomic mass is 9.89. The molecule has 32 heavy (non-hydrogen) atoms. The highest BCUT2D eigenvalue weighted by Crippen LogP contribution is 2.42. The molecule has 11 heteroatoms. The number of benzene rings is 1. The van der Waals surface area contributed by atoms with E-state index in [4.69, 9.17) is 4.74 Å². The predicted molar refractivity (Wildman–Crippen MR) is 119 cm³/mol. The number of thiophene rings is 1. The zero-order chi connectivity index (χ0) is 22.9. The fourth-order valence-corrected chi connectivity index (χ4v) is 5.84. The van der Waals surface area contributed by atoms with Crippen LogP contribution in [0.15, 0.2) is 41.8 Å². The molecule has 2 fully saturated rings. The summed E-state index contributed by atoms with van der Waals surface area (Å²) in [5.74, 6) is -0.365. The average molecular weight is 476 g/mol. The first-order chi connectivity index (χ1) is 15.3. The van der Waals surface area contributed by atoms with Crippen molar-refractivity contribution in [2.24, 2.45) is 5.41 Å². The van der Waals surface area contributed by atoms with Gasteiger partial charge in [-0.3, -0.25) is 24.5 Å². The Morgan fingerprint density at radius 3 is 2.72 bits per heavy atom. The Labute approximate surface area is 192 Å². The quantitative estimate of drug-likeness (QED) is 0.283. The number of fused-ring (bicyclic) bond motifs is 1. The van der Waals surface area contributed by atoms with Crippen LogP contribution in [0.5, 0.6) is 0 Å². The number of carbonyl (C=O) groups excluding carboxylic acids is 3. The molecule has 3 heterocycles. The second-order valence-electron chi connectivity index (χ2n) is 8.03. The lowest BCUT2D eigenvalue weighted by Gasteiger charge is -2.53. The first-order valence-corrected chi connectivity index (χ1v) is 11.8. The maximum absolute atomic E-state index is 12.7. The van der Waals surface area contributed by atoms with E-state index < -0.39 is 22.3 Å². The summed E-state index contributed by atoms with van der Waals surface area (Å²) >= 11 is 2.95. The molecule has 2 amide bonds. The standard InChI is InChI=1S/C21H21N3O6S2/c1-21(20(27)30-10-13-4-6-14(7-5-13)24(28)29)11-23-18(26)17(19(23)32-12-21)22-16(25)9-15-3-2-8-31-15/h2-8,17,19H,9-12H2,1H3,(H,22,25)/t17?,19-,21?/m1/s1. The number of nitro benzene ring substituents is 1. The van der Waals surface area contributed by atoms with E-state index in [1.165, 1.54) is 35.2 Å². The monoisotopic (exact) mass is 475 g/mol. The van der Waals surface area contributed by atoms with E-state index in [0.29, 0.717) is 11.3 Å². The molecule has 0 aliphatic carbocycles. The van der Waals surface area contributed by atoms with E-state index in [1.807, 2.05) is 17.5 Å². The van der Waals surface area contributed by atoms with E-state index in [-0.39, 0.29) is 42.4 Å². The molecule has 0 spiro atoms. The largest absolute Gasteiger partial charge is 0.460 e. The van der Waals surface area contributed by atoms with Crippen LogP contribution in [-0.2, 0) is 32.1 Å². The Morgan fingerprint density at radius 1 is 1.31 bits per heavy atom. The second-order valence-corrected chi connectivity index (χ2v) is 10.2. The Morgan fingerprint density at radius 2 is 2.06 bits per heavy atom. The van der Waals surface area contributed by atoms with Crippen molar-refractivity contribution in [2.45, 2.75) is 31.4 Å². The van der Waals surface area contributed by atoms with Crippen molar-refractivity contribution in [2.75, 3.05) is 12.3 Å².